The number of nitrogens with one attached hydrogen (secondary N) is 1. The van der Waals surface area contributed by atoms with Crippen molar-refractivity contribution in [3.63, 3.8) is 0 Å². The molecular weight excluding hydrogens is 563 g/mol. The molecule has 1 heterocycles. The fourth-order valence-corrected chi connectivity index (χ4v) is 4.34. The molecule has 0 aliphatic carbocycles. The van der Waals surface area contributed by atoms with Crippen LogP contribution in [0.15, 0.2) is 53.5 Å². The molecule has 0 saturated carbocycles. The molecule has 31 heavy (non-hydrogen) atoms. The number of rotatable bonds is 6. The van der Waals surface area contributed by atoms with E-state index in [4.69, 9.17) is 11.6 Å². The maximum absolute atomic E-state index is 12.9. The maximum atomic E-state index is 12.9. The summed E-state index contributed by atoms with van der Waals surface area (Å²) < 4.78 is 30.7. The molecule has 2 amide bonds. The van der Waals surface area contributed by atoms with E-state index in [9.17, 15) is 18.4 Å². The molecule has 164 valence electrons. The summed E-state index contributed by atoms with van der Waals surface area (Å²) in [5.41, 5.74) is -2.71. The number of ether oxygens (including phenoxy) is 1. The molecule has 1 atom stereocenters. The third kappa shape index (κ3) is 6.53. The van der Waals surface area contributed by atoms with Crippen LogP contribution in [-0.4, -0.2) is 34.3 Å². The molecule has 1 saturated heterocycles. The quantitative estimate of drug-likeness (QED) is 0.165. The lowest BCUT2D eigenvalue weighted by atomic mass is 10.3. The van der Waals surface area contributed by atoms with Crippen LogP contribution in [0.5, 0.6) is 5.75 Å². The molecule has 11 heteroatoms. The van der Waals surface area contributed by atoms with E-state index < -0.39 is 10.8 Å². The Kier molecular flexibility index (Phi) is 7.76. The van der Waals surface area contributed by atoms with Crippen molar-refractivity contribution in [3.8, 4) is 5.75 Å². The van der Waals surface area contributed by atoms with Crippen LogP contribution in [0, 0.1) is 3.57 Å². The van der Waals surface area contributed by atoms with Crippen LogP contribution in [0.3, 0.4) is 0 Å². The van der Waals surface area contributed by atoms with Crippen molar-refractivity contribution >= 4 is 74.3 Å². The summed E-state index contributed by atoms with van der Waals surface area (Å²) in [6.07, 6.45) is 0.0531. The topological polar surface area (TPSA) is 71.0 Å². The number of carbonyl (C=O) groups is 2. The number of halogens is 4. The first-order chi connectivity index (χ1) is 14.7. The highest BCUT2D eigenvalue weighted by Gasteiger charge is 2.40. The molecule has 1 fully saturated rings. The molecule has 0 unspecified atom stereocenters. The molecule has 1 aliphatic heterocycles. The zero-order valence-corrected chi connectivity index (χ0v) is 19.9. The van der Waals surface area contributed by atoms with Crippen LogP contribution in [0.4, 0.5) is 20.2 Å². The van der Waals surface area contributed by atoms with E-state index in [1.807, 2.05) is 19.1 Å². The highest BCUT2D eigenvalue weighted by Crippen LogP contribution is 2.31. The summed E-state index contributed by atoms with van der Waals surface area (Å²) in [5.74, 6) is -0.685. The van der Waals surface area contributed by atoms with E-state index in [0.717, 1.165) is 15.3 Å². The van der Waals surface area contributed by atoms with Gasteiger partial charge in [-0.25, -0.2) is 4.90 Å². The Bertz CT molecular complexity index is 985. The second-order valence-corrected chi connectivity index (χ2v) is 9.21. The third-order valence-corrected chi connectivity index (χ3v) is 5.99. The van der Waals surface area contributed by atoms with Gasteiger partial charge in [-0.05, 0) is 78.0 Å². The molecule has 3 rings (SSSR count). The molecule has 6 nitrogen and oxygen atoms in total. The van der Waals surface area contributed by atoms with E-state index in [1.165, 1.54) is 29.2 Å². The summed E-state index contributed by atoms with van der Waals surface area (Å²) in [6, 6.07) is 12.8. The average Bonchev–Trinajstić information content (AvgIpc) is 2.96. The number of hydrogen-bond acceptors (Lipinski definition) is 5. The van der Waals surface area contributed by atoms with Crippen molar-refractivity contribution in [2.45, 2.75) is 24.2 Å². The summed E-state index contributed by atoms with van der Waals surface area (Å²) in [5, 5.41) is 2.86. The van der Waals surface area contributed by atoms with E-state index in [2.05, 4.69) is 37.6 Å². The van der Waals surface area contributed by atoms with Gasteiger partial charge in [-0.3, -0.25) is 14.6 Å². The van der Waals surface area contributed by atoms with Gasteiger partial charge < -0.3 is 10.1 Å². The number of aliphatic imine (C=N–C) groups is 1. The predicted molar refractivity (Wildman–Crippen MR) is 127 cm³/mol. The first kappa shape index (κ1) is 23.7. The minimum absolute atomic E-state index is 0.0531. The number of thioether (sulfide) groups is 1. The second-order valence-electron chi connectivity index (χ2n) is 6.33. The molecule has 2 aromatic rings. The Hall–Kier alpha value is -1.92. The Morgan fingerprint density at radius 2 is 1.90 bits per heavy atom. The number of hydrogen-bond donors (Lipinski definition) is 1. The summed E-state index contributed by atoms with van der Waals surface area (Å²) >= 11 is 8.06. The minimum Gasteiger partial charge on any atom is -0.420 e. The number of benzene rings is 2. The SMILES string of the molecule is CCN=C(Nc1ccc(OC(F)(F)Cl)cc1)S[C@@H]1CC(=O)N(c2ccc(I)cc2)C1=O. The monoisotopic (exact) mass is 579 g/mol. The minimum atomic E-state index is -3.79. The summed E-state index contributed by atoms with van der Waals surface area (Å²) in [4.78, 5) is 30.9. The van der Waals surface area contributed by atoms with Crippen molar-refractivity contribution in [2.75, 3.05) is 16.8 Å². The lowest BCUT2D eigenvalue weighted by Gasteiger charge is -2.16. The Morgan fingerprint density at radius 3 is 2.48 bits per heavy atom. The molecule has 2 aromatic carbocycles. The van der Waals surface area contributed by atoms with Gasteiger partial charge in [-0.1, -0.05) is 11.8 Å². The number of amidine groups is 1. The third-order valence-electron chi connectivity index (χ3n) is 4.08. The zero-order chi connectivity index (χ0) is 22.6. The molecular formula is C20H17ClF2IN3O3S. The molecule has 0 spiro atoms. The van der Waals surface area contributed by atoms with Gasteiger partial charge in [0.1, 0.15) is 11.0 Å². The van der Waals surface area contributed by atoms with Gasteiger partial charge in [0.25, 0.3) is 0 Å². The lowest BCUT2D eigenvalue weighted by Crippen LogP contribution is -2.31. The Balaban J connectivity index is 1.69. The molecule has 0 bridgehead atoms. The largest absolute Gasteiger partial charge is 0.487 e. The molecule has 1 aliphatic rings. The van der Waals surface area contributed by atoms with Crippen molar-refractivity contribution < 1.29 is 23.1 Å². The Morgan fingerprint density at radius 1 is 1.26 bits per heavy atom. The smallest absolute Gasteiger partial charge is 0.420 e. The average molecular weight is 580 g/mol. The number of imide groups is 1. The summed E-state index contributed by atoms with van der Waals surface area (Å²) in [6.45, 7) is 2.28. The van der Waals surface area contributed by atoms with Gasteiger partial charge in [0.15, 0.2) is 5.17 Å². The standard InChI is InChI=1S/C20H17ClF2IN3O3S/c1-2-25-19(26-13-5-9-15(10-6-13)30-20(21,22)23)31-16-11-17(28)27(18(16)29)14-7-3-12(24)4-8-14/h3-10,16H,2,11H2,1H3,(H,25,26)/t16-/m1/s1. The Labute approximate surface area is 200 Å². The van der Waals surface area contributed by atoms with E-state index in [0.29, 0.717) is 23.1 Å². The van der Waals surface area contributed by atoms with Crippen LogP contribution >= 0.6 is 46.0 Å². The highest BCUT2D eigenvalue weighted by molar-refractivity contribution is 14.1. The lowest BCUT2D eigenvalue weighted by molar-refractivity contribution is -0.121. The molecule has 0 aromatic heterocycles. The van der Waals surface area contributed by atoms with Gasteiger partial charge in [0, 0.05) is 33.8 Å². The van der Waals surface area contributed by atoms with Crippen LogP contribution in [-0.2, 0) is 9.59 Å². The molecule has 0 radical (unpaired) electrons. The van der Waals surface area contributed by atoms with Crippen molar-refractivity contribution in [1.29, 1.82) is 0 Å². The van der Waals surface area contributed by atoms with Crippen LogP contribution in [0.25, 0.3) is 0 Å². The van der Waals surface area contributed by atoms with Crippen LogP contribution in [0.2, 0.25) is 0 Å². The maximum Gasteiger partial charge on any atom is 0.487 e. The van der Waals surface area contributed by atoms with Gasteiger partial charge in [0.2, 0.25) is 11.8 Å². The van der Waals surface area contributed by atoms with Gasteiger partial charge in [0.05, 0.1) is 5.69 Å². The molecule has 1 N–H and O–H groups in total. The van der Waals surface area contributed by atoms with E-state index in [1.54, 1.807) is 12.1 Å². The first-order valence-electron chi connectivity index (χ1n) is 9.12. The summed E-state index contributed by atoms with van der Waals surface area (Å²) in [7, 11) is 0. The number of nitrogens with zero attached hydrogens (tertiary/aromatic N) is 2. The van der Waals surface area contributed by atoms with Crippen molar-refractivity contribution in [3.05, 3.63) is 52.1 Å². The highest BCUT2D eigenvalue weighted by atomic mass is 127. The van der Waals surface area contributed by atoms with E-state index >= 15 is 0 Å². The number of anilines is 2. The predicted octanol–water partition coefficient (Wildman–Crippen LogP) is 5.31. The fraction of sp³-hybridized carbons (Fsp3) is 0.250. The number of carbonyl (C=O) groups excluding carboxylic acids is 2. The van der Waals surface area contributed by atoms with Crippen molar-refractivity contribution in [1.82, 2.24) is 0 Å². The van der Waals surface area contributed by atoms with Gasteiger partial charge in [-0.2, -0.15) is 0 Å². The second kappa shape index (κ2) is 10.1. The van der Waals surface area contributed by atoms with Gasteiger partial charge >= 0.3 is 5.57 Å². The van der Waals surface area contributed by atoms with Crippen LogP contribution < -0.4 is 15.0 Å². The number of alkyl halides is 3. The van der Waals surface area contributed by atoms with Gasteiger partial charge in [-0.15, -0.1) is 8.78 Å². The zero-order valence-electron chi connectivity index (χ0n) is 16.1. The fourth-order valence-electron chi connectivity index (χ4n) is 2.81. The van der Waals surface area contributed by atoms with E-state index in [-0.39, 0.29) is 24.0 Å². The first-order valence-corrected chi connectivity index (χ1v) is 11.5. The van der Waals surface area contributed by atoms with Crippen molar-refractivity contribution in [2.24, 2.45) is 4.99 Å². The number of amides is 2. The normalized spacial score (nSPS) is 17.3. The van der Waals surface area contributed by atoms with Crippen LogP contribution in [0.1, 0.15) is 13.3 Å².